The van der Waals surface area contributed by atoms with Gasteiger partial charge in [-0.05, 0) is 6.92 Å². The van der Waals surface area contributed by atoms with E-state index in [1.165, 1.54) is 4.68 Å². The number of sulfone groups is 1. The summed E-state index contributed by atoms with van der Waals surface area (Å²) >= 11 is 5.80. The Bertz CT molecular complexity index is 413. The first-order chi connectivity index (χ1) is 6.94. The number of hydrogen-bond donors (Lipinski definition) is 0. The van der Waals surface area contributed by atoms with Gasteiger partial charge in [-0.2, -0.15) is 0 Å². The molecule has 0 spiro atoms. The molecule has 0 bridgehead atoms. The minimum Gasteiger partial charge on any atom is -0.251 e. The lowest BCUT2D eigenvalue weighted by atomic mass is 10.4. The topological polar surface area (TPSA) is 64.8 Å². The lowest BCUT2D eigenvalue weighted by molar-refractivity contribution is 0.576. The van der Waals surface area contributed by atoms with Gasteiger partial charge in [0.05, 0.1) is 17.7 Å². The Morgan fingerprint density at radius 2 is 2.27 bits per heavy atom. The van der Waals surface area contributed by atoms with Gasteiger partial charge < -0.3 is 0 Å². The van der Waals surface area contributed by atoms with Crippen LogP contribution in [-0.2, 0) is 16.4 Å². The van der Waals surface area contributed by atoms with Gasteiger partial charge in [-0.3, -0.25) is 4.68 Å². The summed E-state index contributed by atoms with van der Waals surface area (Å²) in [5.41, 5.74) is 0.658. The van der Waals surface area contributed by atoms with Gasteiger partial charge in [-0.25, -0.2) is 8.42 Å². The minimum absolute atomic E-state index is 0.0863. The quantitative estimate of drug-likeness (QED) is 0.733. The number of alkyl halides is 1. The fourth-order valence-corrected chi connectivity index (χ4v) is 1.84. The van der Waals surface area contributed by atoms with E-state index in [0.29, 0.717) is 12.2 Å². The van der Waals surface area contributed by atoms with Crippen molar-refractivity contribution >= 4 is 21.4 Å². The molecule has 0 saturated carbocycles. The Balaban J connectivity index is 2.59. The van der Waals surface area contributed by atoms with E-state index in [9.17, 15) is 8.42 Å². The van der Waals surface area contributed by atoms with Crippen LogP contribution in [0.3, 0.4) is 0 Å². The molecule has 0 amide bonds. The SMILES string of the molecule is CCS(=O)(=O)CCn1cc(C(C)Cl)nn1. The Labute approximate surface area is 94.3 Å². The van der Waals surface area contributed by atoms with Crippen LogP contribution in [0.4, 0.5) is 0 Å². The predicted octanol–water partition coefficient (Wildman–Crippen LogP) is 1.01. The average Bonchev–Trinajstić information content (AvgIpc) is 2.63. The van der Waals surface area contributed by atoms with Crippen molar-refractivity contribution in [2.24, 2.45) is 0 Å². The Hall–Kier alpha value is -0.620. The van der Waals surface area contributed by atoms with Crippen molar-refractivity contribution < 1.29 is 8.42 Å². The van der Waals surface area contributed by atoms with E-state index in [1.54, 1.807) is 20.0 Å². The highest BCUT2D eigenvalue weighted by Crippen LogP contribution is 2.15. The molecule has 1 atom stereocenters. The largest absolute Gasteiger partial charge is 0.251 e. The fourth-order valence-electron chi connectivity index (χ4n) is 0.982. The predicted molar refractivity (Wildman–Crippen MR) is 58.6 cm³/mol. The van der Waals surface area contributed by atoms with Crippen molar-refractivity contribution in [1.82, 2.24) is 15.0 Å². The van der Waals surface area contributed by atoms with E-state index in [0.717, 1.165) is 0 Å². The van der Waals surface area contributed by atoms with Gasteiger partial charge in [0, 0.05) is 11.9 Å². The van der Waals surface area contributed by atoms with E-state index in [4.69, 9.17) is 11.6 Å². The third-order valence-electron chi connectivity index (χ3n) is 2.04. The Morgan fingerprint density at radius 1 is 1.60 bits per heavy atom. The number of aromatic nitrogens is 3. The molecule has 1 aromatic heterocycles. The molecule has 15 heavy (non-hydrogen) atoms. The van der Waals surface area contributed by atoms with E-state index in [1.807, 2.05) is 0 Å². The first-order valence-electron chi connectivity index (χ1n) is 4.69. The number of aryl methyl sites for hydroxylation is 1. The number of hydrogen-bond acceptors (Lipinski definition) is 4. The zero-order valence-electron chi connectivity index (χ0n) is 8.72. The van der Waals surface area contributed by atoms with Crippen LogP contribution in [-0.4, -0.2) is 34.9 Å². The van der Waals surface area contributed by atoms with Crippen LogP contribution >= 0.6 is 11.6 Å². The summed E-state index contributed by atoms with van der Waals surface area (Å²) in [4.78, 5) is 0. The maximum atomic E-state index is 11.2. The van der Waals surface area contributed by atoms with Crippen molar-refractivity contribution in [3.63, 3.8) is 0 Å². The molecule has 7 heteroatoms. The Kier molecular flexibility index (Phi) is 4.10. The van der Waals surface area contributed by atoms with Crippen LogP contribution < -0.4 is 0 Å². The molecule has 5 nitrogen and oxygen atoms in total. The van der Waals surface area contributed by atoms with Crippen molar-refractivity contribution in [1.29, 1.82) is 0 Å². The summed E-state index contributed by atoms with van der Waals surface area (Å²) < 4.78 is 24.0. The lowest BCUT2D eigenvalue weighted by Crippen LogP contribution is -2.14. The van der Waals surface area contributed by atoms with Crippen LogP contribution in [0.15, 0.2) is 6.20 Å². The van der Waals surface area contributed by atoms with Crippen molar-refractivity contribution in [2.45, 2.75) is 25.8 Å². The van der Waals surface area contributed by atoms with Crippen LogP contribution in [0, 0.1) is 0 Å². The molecule has 0 aromatic carbocycles. The summed E-state index contributed by atoms with van der Waals surface area (Å²) in [5, 5.41) is 7.41. The highest BCUT2D eigenvalue weighted by atomic mass is 35.5. The maximum Gasteiger partial charge on any atom is 0.151 e. The standard InChI is InChI=1S/C8H14ClN3O2S/c1-3-15(13,14)5-4-12-6-8(7(2)9)10-11-12/h6-7H,3-5H2,1-2H3. The monoisotopic (exact) mass is 251 g/mol. The van der Waals surface area contributed by atoms with Gasteiger partial charge in [-0.15, -0.1) is 16.7 Å². The minimum atomic E-state index is -2.95. The molecule has 0 saturated heterocycles. The zero-order valence-corrected chi connectivity index (χ0v) is 10.3. The van der Waals surface area contributed by atoms with Gasteiger partial charge in [0.2, 0.25) is 0 Å². The van der Waals surface area contributed by atoms with E-state index in [-0.39, 0.29) is 16.9 Å². The molecule has 1 rings (SSSR count). The fraction of sp³-hybridized carbons (Fsp3) is 0.750. The van der Waals surface area contributed by atoms with Crippen molar-refractivity contribution in [2.75, 3.05) is 11.5 Å². The molecule has 1 unspecified atom stereocenters. The van der Waals surface area contributed by atoms with Crippen LogP contribution in [0.1, 0.15) is 24.9 Å². The third kappa shape index (κ3) is 3.79. The molecular weight excluding hydrogens is 238 g/mol. The van der Waals surface area contributed by atoms with Gasteiger partial charge in [0.25, 0.3) is 0 Å². The van der Waals surface area contributed by atoms with Crippen LogP contribution in [0.5, 0.6) is 0 Å². The molecule has 1 aromatic rings. The summed E-state index contributed by atoms with van der Waals surface area (Å²) in [7, 11) is -2.95. The molecule has 0 aliphatic rings. The molecule has 0 N–H and O–H groups in total. The third-order valence-corrected chi connectivity index (χ3v) is 3.94. The van der Waals surface area contributed by atoms with Gasteiger partial charge >= 0.3 is 0 Å². The normalized spacial score (nSPS) is 14.1. The molecule has 1 heterocycles. The molecule has 0 radical (unpaired) electrons. The molecular formula is C8H14ClN3O2S. The summed E-state index contributed by atoms with van der Waals surface area (Å²) in [5.74, 6) is 0.240. The second kappa shape index (κ2) is 4.94. The number of halogens is 1. The van der Waals surface area contributed by atoms with Crippen molar-refractivity contribution in [3.8, 4) is 0 Å². The number of rotatable bonds is 5. The molecule has 0 aliphatic carbocycles. The van der Waals surface area contributed by atoms with Crippen LogP contribution in [0.25, 0.3) is 0 Å². The van der Waals surface area contributed by atoms with Gasteiger partial charge in [0.1, 0.15) is 5.69 Å². The average molecular weight is 252 g/mol. The molecule has 0 fully saturated rings. The maximum absolute atomic E-state index is 11.2. The van der Waals surface area contributed by atoms with E-state index in [2.05, 4.69) is 10.3 Å². The lowest BCUT2D eigenvalue weighted by Gasteiger charge is -2.00. The van der Waals surface area contributed by atoms with E-state index >= 15 is 0 Å². The van der Waals surface area contributed by atoms with Gasteiger partial charge in [0.15, 0.2) is 9.84 Å². The Morgan fingerprint density at radius 3 is 2.73 bits per heavy atom. The second-order valence-electron chi connectivity index (χ2n) is 3.26. The van der Waals surface area contributed by atoms with E-state index < -0.39 is 9.84 Å². The van der Waals surface area contributed by atoms with Gasteiger partial charge in [-0.1, -0.05) is 12.1 Å². The molecule has 86 valence electrons. The summed E-state index contributed by atoms with van der Waals surface area (Å²) in [6.07, 6.45) is 1.67. The zero-order chi connectivity index (χ0) is 11.5. The highest BCUT2D eigenvalue weighted by molar-refractivity contribution is 7.91. The summed E-state index contributed by atoms with van der Waals surface area (Å²) in [6.45, 7) is 3.74. The van der Waals surface area contributed by atoms with Crippen LogP contribution in [0.2, 0.25) is 0 Å². The number of nitrogens with zero attached hydrogens (tertiary/aromatic N) is 3. The van der Waals surface area contributed by atoms with Crippen molar-refractivity contribution in [3.05, 3.63) is 11.9 Å². The smallest absolute Gasteiger partial charge is 0.151 e. The highest BCUT2D eigenvalue weighted by Gasteiger charge is 2.10. The summed E-state index contributed by atoms with van der Waals surface area (Å²) in [6, 6.07) is 0. The first-order valence-corrected chi connectivity index (χ1v) is 6.95. The second-order valence-corrected chi connectivity index (χ2v) is 6.39. The first kappa shape index (κ1) is 12.4. The molecule has 0 aliphatic heterocycles.